The second-order valence-electron chi connectivity index (χ2n) is 4.03. The number of nitrogens with one attached hydrogen (secondary N) is 1. The van der Waals surface area contributed by atoms with Crippen LogP contribution in [-0.4, -0.2) is 23.9 Å². The Morgan fingerprint density at radius 1 is 1.24 bits per heavy atom. The zero-order valence-electron chi connectivity index (χ0n) is 9.54. The van der Waals surface area contributed by atoms with E-state index in [4.69, 9.17) is 0 Å². The summed E-state index contributed by atoms with van der Waals surface area (Å²) >= 11 is 0. The van der Waals surface area contributed by atoms with Crippen molar-refractivity contribution in [1.82, 2.24) is 5.32 Å². The summed E-state index contributed by atoms with van der Waals surface area (Å²) in [6, 6.07) is 7.74. The Labute approximate surface area is 98.5 Å². The van der Waals surface area contributed by atoms with Crippen LogP contribution in [0.5, 0.6) is 0 Å². The van der Waals surface area contributed by atoms with Gasteiger partial charge in [0.2, 0.25) is 0 Å². The summed E-state index contributed by atoms with van der Waals surface area (Å²) in [4.78, 5) is 0. The quantitative estimate of drug-likeness (QED) is 0.838. The van der Waals surface area contributed by atoms with Gasteiger partial charge in [0.25, 0.3) is 0 Å². The number of rotatable bonds is 5. The molecule has 1 aromatic rings. The predicted octanol–water partition coefficient (Wildman–Crippen LogP) is 2.65. The normalized spacial score (nSPS) is 15.6. The highest BCUT2D eigenvalue weighted by molar-refractivity contribution is 5.19. The van der Waals surface area contributed by atoms with Gasteiger partial charge in [-0.25, -0.2) is 0 Å². The highest BCUT2D eigenvalue weighted by atomic mass is 19.4. The van der Waals surface area contributed by atoms with Gasteiger partial charge >= 0.3 is 6.18 Å². The zero-order valence-corrected chi connectivity index (χ0v) is 9.54. The number of benzene rings is 1. The minimum atomic E-state index is -4.19. The Kier molecular flexibility index (Phi) is 4.96. The van der Waals surface area contributed by atoms with Gasteiger partial charge in [-0.15, -0.1) is 0 Å². The van der Waals surface area contributed by atoms with Crippen molar-refractivity contribution in [3.05, 3.63) is 35.9 Å². The summed E-state index contributed by atoms with van der Waals surface area (Å²) < 4.78 is 36.5. The molecule has 0 bridgehead atoms. The lowest BCUT2D eigenvalue weighted by Gasteiger charge is -2.22. The van der Waals surface area contributed by atoms with E-state index in [9.17, 15) is 18.3 Å². The third-order valence-electron chi connectivity index (χ3n) is 2.41. The first-order chi connectivity index (χ1) is 7.92. The van der Waals surface area contributed by atoms with Gasteiger partial charge < -0.3 is 10.4 Å². The molecule has 0 aromatic heterocycles. The molecule has 0 aliphatic rings. The maximum atomic E-state index is 12.2. The van der Waals surface area contributed by atoms with Gasteiger partial charge in [0, 0.05) is 6.04 Å². The molecule has 0 aliphatic heterocycles. The van der Waals surface area contributed by atoms with Crippen LogP contribution in [0, 0.1) is 0 Å². The number of halogens is 3. The van der Waals surface area contributed by atoms with Gasteiger partial charge in [0.1, 0.15) is 0 Å². The van der Waals surface area contributed by atoms with Crippen molar-refractivity contribution in [3.63, 3.8) is 0 Å². The SMILES string of the molecule is CC(CC(F)(F)F)NC(CO)c1ccccc1. The predicted molar refractivity (Wildman–Crippen MR) is 59.5 cm³/mol. The van der Waals surface area contributed by atoms with E-state index >= 15 is 0 Å². The second-order valence-corrected chi connectivity index (χ2v) is 4.03. The minimum Gasteiger partial charge on any atom is -0.394 e. The molecular formula is C12H16F3NO. The van der Waals surface area contributed by atoms with Gasteiger partial charge in [-0.3, -0.25) is 0 Å². The van der Waals surface area contributed by atoms with Crippen molar-refractivity contribution in [2.45, 2.75) is 31.6 Å². The van der Waals surface area contributed by atoms with Gasteiger partial charge in [-0.2, -0.15) is 13.2 Å². The molecular weight excluding hydrogens is 231 g/mol. The van der Waals surface area contributed by atoms with Crippen LogP contribution in [0.3, 0.4) is 0 Å². The minimum absolute atomic E-state index is 0.230. The fraction of sp³-hybridized carbons (Fsp3) is 0.500. The Balaban J connectivity index is 2.59. The van der Waals surface area contributed by atoms with Crippen LogP contribution >= 0.6 is 0 Å². The van der Waals surface area contributed by atoms with Crippen molar-refractivity contribution in [1.29, 1.82) is 0 Å². The molecule has 0 aliphatic carbocycles. The average Bonchev–Trinajstić information content (AvgIpc) is 2.24. The summed E-state index contributed by atoms with van der Waals surface area (Å²) in [6.07, 6.45) is -5.10. The van der Waals surface area contributed by atoms with Crippen LogP contribution in [0.2, 0.25) is 0 Å². The molecule has 0 saturated carbocycles. The third kappa shape index (κ3) is 5.19. The molecule has 0 fully saturated rings. The summed E-state index contributed by atoms with van der Waals surface area (Å²) in [7, 11) is 0. The van der Waals surface area contributed by atoms with Crippen molar-refractivity contribution < 1.29 is 18.3 Å². The lowest BCUT2D eigenvalue weighted by Crippen LogP contribution is -2.35. The van der Waals surface area contributed by atoms with Crippen LogP contribution in [0.15, 0.2) is 30.3 Å². The van der Waals surface area contributed by atoms with Crippen LogP contribution in [0.4, 0.5) is 13.2 Å². The summed E-state index contributed by atoms with van der Waals surface area (Å²) in [5.41, 5.74) is 0.782. The number of alkyl halides is 3. The first-order valence-corrected chi connectivity index (χ1v) is 5.41. The van der Waals surface area contributed by atoms with Crippen LogP contribution in [0.1, 0.15) is 24.9 Å². The number of hydrogen-bond acceptors (Lipinski definition) is 2. The number of aliphatic hydroxyl groups excluding tert-OH is 1. The van der Waals surface area contributed by atoms with Gasteiger partial charge in [-0.05, 0) is 12.5 Å². The molecule has 0 amide bonds. The van der Waals surface area contributed by atoms with E-state index in [1.165, 1.54) is 6.92 Å². The summed E-state index contributed by atoms with van der Waals surface area (Å²) in [5.74, 6) is 0. The molecule has 2 atom stereocenters. The monoisotopic (exact) mass is 247 g/mol. The van der Waals surface area contributed by atoms with E-state index in [0.29, 0.717) is 0 Å². The molecule has 1 aromatic carbocycles. The van der Waals surface area contributed by atoms with Gasteiger partial charge in [-0.1, -0.05) is 30.3 Å². The first-order valence-electron chi connectivity index (χ1n) is 5.41. The summed E-state index contributed by atoms with van der Waals surface area (Å²) in [6.45, 7) is 1.23. The van der Waals surface area contributed by atoms with Crippen molar-refractivity contribution in [3.8, 4) is 0 Å². The Hall–Kier alpha value is -1.07. The third-order valence-corrected chi connectivity index (χ3v) is 2.41. The maximum absolute atomic E-state index is 12.2. The van der Waals surface area contributed by atoms with E-state index in [0.717, 1.165) is 5.56 Å². The topological polar surface area (TPSA) is 32.3 Å². The highest BCUT2D eigenvalue weighted by Gasteiger charge is 2.30. The van der Waals surface area contributed by atoms with Crippen molar-refractivity contribution in [2.24, 2.45) is 0 Å². The standard InChI is InChI=1S/C12H16F3NO/c1-9(7-12(13,14)15)16-11(8-17)10-5-3-2-4-6-10/h2-6,9,11,16-17H,7-8H2,1H3. The fourth-order valence-corrected chi connectivity index (χ4v) is 1.69. The van der Waals surface area contributed by atoms with Crippen LogP contribution in [-0.2, 0) is 0 Å². The van der Waals surface area contributed by atoms with Crippen molar-refractivity contribution >= 4 is 0 Å². The molecule has 96 valence electrons. The molecule has 17 heavy (non-hydrogen) atoms. The molecule has 0 saturated heterocycles. The molecule has 0 heterocycles. The molecule has 2 nitrogen and oxygen atoms in total. The van der Waals surface area contributed by atoms with E-state index < -0.39 is 24.7 Å². The number of aliphatic hydroxyl groups is 1. The zero-order chi connectivity index (χ0) is 12.9. The molecule has 5 heteroatoms. The molecule has 0 spiro atoms. The Morgan fingerprint density at radius 3 is 2.29 bits per heavy atom. The van der Waals surface area contributed by atoms with Gasteiger partial charge in [0.05, 0.1) is 19.1 Å². The lowest BCUT2D eigenvalue weighted by molar-refractivity contribution is -0.139. The van der Waals surface area contributed by atoms with Crippen LogP contribution < -0.4 is 5.32 Å². The molecule has 2 unspecified atom stereocenters. The fourth-order valence-electron chi connectivity index (χ4n) is 1.69. The van der Waals surface area contributed by atoms with E-state index in [-0.39, 0.29) is 6.61 Å². The lowest BCUT2D eigenvalue weighted by atomic mass is 10.1. The van der Waals surface area contributed by atoms with Gasteiger partial charge in [0.15, 0.2) is 0 Å². The van der Waals surface area contributed by atoms with E-state index in [1.807, 2.05) is 6.07 Å². The van der Waals surface area contributed by atoms with Crippen LogP contribution in [0.25, 0.3) is 0 Å². The Morgan fingerprint density at radius 2 is 1.82 bits per heavy atom. The maximum Gasteiger partial charge on any atom is 0.390 e. The smallest absolute Gasteiger partial charge is 0.390 e. The molecule has 0 radical (unpaired) electrons. The average molecular weight is 247 g/mol. The molecule has 2 N–H and O–H groups in total. The Bertz CT molecular complexity index is 326. The van der Waals surface area contributed by atoms with E-state index in [2.05, 4.69) is 5.32 Å². The number of hydrogen-bond donors (Lipinski definition) is 2. The molecule has 1 rings (SSSR count). The highest BCUT2D eigenvalue weighted by Crippen LogP contribution is 2.23. The summed E-state index contributed by atoms with van der Waals surface area (Å²) in [5, 5.41) is 12.0. The first kappa shape index (κ1) is 14.0. The largest absolute Gasteiger partial charge is 0.394 e. The van der Waals surface area contributed by atoms with Crippen molar-refractivity contribution in [2.75, 3.05) is 6.61 Å². The second kappa shape index (κ2) is 6.02. The van der Waals surface area contributed by atoms with E-state index in [1.54, 1.807) is 24.3 Å².